The molecule has 1 N–H and O–H groups in total. The Balaban J connectivity index is 3.56. The summed E-state index contributed by atoms with van der Waals surface area (Å²) in [6, 6.07) is 0.170. The fourth-order valence-electron chi connectivity index (χ4n) is 1.33. The van der Waals surface area contributed by atoms with Gasteiger partial charge >= 0.3 is 6.18 Å². The van der Waals surface area contributed by atoms with Crippen LogP contribution in [0.25, 0.3) is 0 Å². The second-order valence-electron chi connectivity index (χ2n) is 5.04. The molecule has 2 atom stereocenters. The molecule has 0 aromatic heterocycles. The SMILES string of the molecule is CC(CCCC(F)(F)F)NCC(C)C(C)C. The number of rotatable bonds is 7. The second-order valence-corrected chi connectivity index (χ2v) is 5.04. The summed E-state index contributed by atoms with van der Waals surface area (Å²) in [4.78, 5) is 0. The van der Waals surface area contributed by atoms with Gasteiger partial charge in [0.15, 0.2) is 0 Å². The summed E-state index contributed by atoms with van der Waals surface area (Å²) in [6.07, 6.45) is -3.87. The monoisotopic (exact) mass is 239 g/mol. The molecule has 1 nitrogen and oxygen atoms in total. The fourth-order valence-corrected chi connectivity index (χ4v) is 1.33. The van der Waals surface area contributed by atoms with Gasteiger partial charge in [0.2, 0.25) is 0 Å². The molecule has 0 rings (SSSR count). The van der Waals surface area contributed by atoms with Gasteiger partial charge in [-0.2, -0.15) is 13.2 Å². The molecule has 2 unspecified atom stereocenters. The smallest absolute Gasteiger partial charge is 0.314 e. The summed E-state index contributed by atoms with van der Waals surface area (Å²) in [5.41, 5.74) is 0. The standard InChI is InChI=1S/C12H24F3N/c1-9(2)10(3)8-16-11(4)6-5-7-12(13,14)15/h9-11,16H,5-8H2,1-4H3. The molecule has 0 fully saturated rings. The Morgan fingerprint density at radius 3 is 2.06 bits per heavy atom. The minimum absolute atomic E-state index is 0.170. The van der Waals surface area contributed by atoms with Crippen LogP contribution < -0.4 is 5.32 Å². The van der Waals surface area contributed by atoms with Crippen molar-refractivity contribution >= 4 is 0 Å². The second kappa shape index (κ2) is 7.15. The molecule has 0 amide bonds. The molecular weight excluding hydrogens is 215 g/mol. The van der Waals surface area contributed by atoms with Crippen molar-refractivity contribution in [3.63, 3.8) is 0 Å². The van der Waals surface area contributed by atoms with E-state index >= 15 is 0 Å². The van der Waals surface area contributed by atoms with Gasteiger partial charge in [0.25, 0.3) is 0 Å². The van der Waals surface area contributed by atoms with Crippen molar-refractivity contribution in [2.24, 2.45) is 11.8 Å². The third kappa shape index (κ3) is 9.01. The van der Waals surface area contributed by atoms with Gasteiger partial charge < -0.3 is 5.32 Å². The van der Waals surface area contributed by atoms with Crippen LogP contribution in [0.4, 0.5) is 13.2 Å². The molecule has 0 aliphatic carbocycles. The van der Waals surface area contributed by atoms with E-state index in [2.05, 4.69) is 26.1 Å². The summed E-state index contributed by atoms with van der Waals surface area (Å²) < 4.78 is 35.7. The maximum absolute atomic E-state index is 11.9. The summed E-state index contributed by atoms with van der Waals surface area (Å²) in [5, 5.41) is 3.28. The number of hydrogen-bond donors (Lipinski definition) is 1. The van der Waals surface area contributed by atoms with E-state index in [0.717, 1.165) is 6.54 Å². The van der Waals surface area contributed by atoms with Crippen LogP contribution in [0.3, 0.4) is 0 Å². The lowest BCUT2D eigenvalue weighted by molar-refractivity contribution is -0.135. The van der Waals surface area contributed by atoms with Crippen LogP contribution in [0.5, 0.6) is 0 Å². The van der Waals surface area contributed by atoms with Gasteiger partial charge in [0.1, 0.15) is 0 Å². The average molecular weight is 239 g/mol. The van der Waals surface area contributed by atoms with Crippen molar-refractivity contribution in [3.8, 4) is 0 Å². The van der Waals surface area contributed by atoms with Crippen LogP contribution in [0.2, 0.25) is 0 Å². The third-order valence-corrected chi connectivity index (χ3v) is 3.02. The quantitative estimate of drug-likeness (QED) is 0.708. The number of nitrogens with one attached hydrogen (secondary N) is 1. The summed E-state index contributed by atoms with van der Waals surface area (Å²) in [7, 11) is 0. The van der Waals surface area contributed by atoms with Crippen LogP contribution >= 0.6 is 0 Å². The van der Waals surface area contributed by atoms with E-state index in [1.807, 2.05) is 6.92 Å². The number of alkyl halides is 3. The zero-order valence-corrected chi connectivity index (χ0v) is 10.7. The van der Waals surface area contributed by atoms with E-state index < -0.39 is 12.6 Å². The molecule has 0 spiro atoms. The van der Waals surface area contributed by atoms with E-state index in [0.29, 0.717) is 18.3 Å². The first kappa shape index (κ1) is 15.8. The van der Waals surface area contributed by atoms with Gasteiger partial charge in [-0.3, -0.25) is 0 Å². The van der Waals surface area contributed by atoms with Crippen LogP contribution in [0.15, 0.2) is 0 Å². The predicted octanol–water partition coefficient (Wildman–Crippen LogP) is 3.99. The summed E-state index contributed by atoms with van der Waals surface area (Å²) in [5.74, 6) is 1.17. The summed E-state index contributed by atoms with van der Waals surface area (Å²) >= 11 is 0. The molecule has 0 aromatic rings. The van der Waals surface area contributed by atoms with Crippen LogP contribution in [0.1, 0.15) is 47.0 Å². The molecule has 0 aliphatic heterocycles. The van der Waals surface area contributed by atoms with E-state index in [4.69, 9.17) is 0 Å². The molecule has 98 valence electrons. The molecule has 4 heteroatoms. The highest BCUT2D eigenvalue weighted by atomic mass is 19.4. The van der Waals surface area contributed by atoms with Crippen molar-refractivity contribution in [1.29, 1.82) is 0 Å². The molecule has 0 aliphatic rings. The Bertz CT molecular complexity index is 178. The third-order valence-electron chi connectivity index (χ3n) is 3.02. The zero-order valence-electron chi connectivity index (χ0n) is 10.7. The van der Waals surface area contributed by atoms with Gasteiger partial charge in [0, 0.05) is 12.5 Å². The minimum atomic E-state index is -4.01. The van der Waals surface area contributed by atoms with Gasteiger partial charge in [-0.15, -0.1) is 0 Å². The summed E-state index contributed by atoms with van der Waals surface area (Å²) in [6.45, 7) is 9.29. The number of hydrogen-bond acceptors (Lipinski definition) is 1. The van der Waals surface area contributed by atoms with Crippen molar-refractivity contribution in [2.45, 2.75) is 59.2 Å². The maximum Gasteiger partial charge on any atom is 0.389 e. The highest BCUT2D eigenvalue weighted by Crippen LogP contribution is 2.22. The van der Waals surface area contributed by atoms with Crippen LogP contribution in [-0.4, -0.2) is 18.8 Å². The highest BCUT2D eigenvalue weighted by Gasteiger charge is 2.26. The molecule has 0 saturated heterocycles. The molecule has 0 saturated carbocycles. The molecular formula is C12H24F3N. The zero-order chi connectivity index (χ0) is 12.8. The van der Waals surface area contributed by atoms with Crippen molar-refractivity contribution in [3.05, 3.63) is 0 Å². The van der Waals surface area contributed by atoms with E-state index in [9.17, 15) is 13.2 Å². The Morgan fingerprint density at radius 1 is 1.06 bits per heavy atom. The average Bonchev–Trinajstić information content (AvgIpc) is 2.11. The first-order valence-electron chi connectivity index (χ1n) is 6.02. The molecule has 0 radical (unpaired) electrons. The Labute approximate surface area is 96.8 Å². The first-order chi connectivity index (χ1) is 7.22. The van der Waals surface area contributed by atoms with Crippen molar-refractivity contribution < 1.29 is 13.2 Å². The maximum atomic E-state index is 11.9. The molecule has 0 heterocycles. The minimum Gasteiger partial charge on any atom is -0.314 e. The predicted molar refractivity (Wildman–Crippen MR) is 61.4 cm³/mol. The lowest BCUT2D eigenvalue weighted by atomic mass is 9.98. The van der Waals surface area contributed by atoms with Crippen LogP contribution in [-0.2, 0) is 0 Å². The Hall–Kier alpha value is -0.250. The van der Waals surface area contributed by atoms with E-state index in [1.54, 1.807) is 0 Å². The van der Waals surface area contributed by atoms with Gasteiger partial charge in [-0.05, 0) is 38.1 Å². The largest absolute Gasteiger partial charge is 0.389 e. The highest BCUT2D eigenvalue weighted by molar-refractivity contribution is 4.66. The number of halogens is 3. The molecule has 16 heavy (non-hydrogen) atoms. The van der Waals surface area contributed by atoms with Gasteiger partial charge in [0.05, 0.1) is 0 Å². The van der Waals surface area contributed by atoms with Gasteiger partial charge in [-0.1, -0.05) is 20.8 Å². The first-order valence-corrected chi connectivity index (χ1v) is 6.02. The van der Waals surface area contributed by atoms with Crippen LogP contribution in [0, 0.1) is 11.8 Å². The topological polar surface area (TPSA) is 12.0 Å². The normalized spacial score (nSPS) is 16.5. The van der Waals surface area contributed by atoms with Crippen molar-refractivity contribution in [2.75, 3.05) is 6.54 Å². The van der Waals surface area contributed by atoms with E-state index in [1.165, 1.54) is 0 Å². The lowest BCUT2D eigenvalue weighted by Crippen LogP contribution is -2.32. The lowest BCUT2D eigenvalue weighted by Gasteiger charge is -2.20. The Kier molecular flexibility index (Phi) is 7.04. The van der Waals surface area contributed by atoms with Crippen molar-refractivity contribution in [1.82, 2.24) is 5.32 Å². The molecule has 0 aromatic carbocycles. The molecule has 0 bridgehead atoms. The van der Waals surface area contributed by atoms with E-state index in [-0.39, 0.29) is 12.5 Å². The van der Waals surface area contributed by atoms with Gasteiger partial charge in [-0.25, -0.2) is 0 Å². The Morgan fingerprint density at radius 2 is 1.62 bits per heavy atom. The fraction of sp³-hybridized carbons (Fsp3) is 1.00.